The van der Waals surface area contributed by atoms with Crippen molar-refractivity contribution in [3.05, 3.63) is 16.9 Å². The molecule has 100 valence electrons. The fourth-order valence-electron chi connectivity index (χ4n) is 2.42. The highest BCUT2D eigenvalue weighted by Crippen LogP contribution is 2.17. The first kappa shape index (κ1) is 13.4. The van der Waals surface area contributed by atoms with Crippen molar-refractivity contribution in [2.45, 2.75) is 25.8 Å². The van der Waals surface area contributed by atoms with Gasteiger partial charge in [0.05, 0.1) is 11.8 Å². The van der Waals surface area contributed by atoms with E-state index in [0.29, 0.717) is 23.3 Å². The molecule has 0 saturated carbocycles. The summed E-state index contributed by atoms with van der Waals surface area (Å²) >= 11 is 5.98. The van der Waals surface area contributed by atoms with Gasteiger partial charge in [-0.25, -0.2) is 0 Å². The lowest BCUT2D eigenvalue weighted by Gasteiger charge is -2.22. The summed E-state index contributed by atoms with van der Waals surface area (Å²) in [5, 5.41) is 7.28. The van der Waals surface area contributed by atoms with Crippen molar-refractivity contribution in [3.8, 4) is 0 Å². The van der Waals surface area contributed by atoms with Crippen molar-refractivity contribution in [2.75, 3.05) is 19.6 Å². The van der Waals surface area contributed by atoms with Gasteiger partial charge in [0, 0.05) is 19.6 Å². The molecule has 0 aromatic carbocycles. The Morgan fingerprint density at radius 2 is 2.44 bits per heavy atom. The van der Waals surface area contributed by atoms with Crippen LogP contribution >= 0.6 is 11.6 Å². The van der Waals surface area contributed by atoms with Crippen LogP contribution in [0, 0.1) is 0 Å². The van der Waals surface area contributed by atoms with Gasteiger partial charge in [0.25, 0.3) is 5.91 Å². The third-order valence-corrected chi connectivity index (χ3v) is 3.96. The van der Waals surface area contributed by atoms with E-state index in [4.69, 9.17) is 11.6 Å². The minimum absolute atomic E-state index is 0.143. The number of halogens is 1. The molecule has 1 atom stereocenters. The van der Waals surface area contributed by atoms with Crippen LogP contribution in [0.4, 0.5) is 0 Å². The molecule has 2 heterocycles. The Balaban J connectivity index is 1.90. The van der Waals surface area contributed by atoms with E-state index in [9.17, 15) is 4.79 Å². The zero-order valence-corrected chi connectivity index (χ0v) is 11.6. The van der Waals surface area contributed by atoms with E-state index < -0.39 is 0 Å². The lowest BCUT2D eigenvalue weighted by atomic mass is 10.2. The van der Waals surface area contributed by atoms with Gasteiger partial charge in [0.1, 0.15) is 5.15 Å². The molecule has 0 bridgehead atoms. The summed E-state index contributed by atoms with van der Waals surface area (Å²) in [5.74, 6) is -0.143. The molecule has 0 radical (unpaired) electrons. The number of likely N-dealkylation sites (N-methyl/N-ethyl adjacent to an activating group) is 1. The van der Waals surface area contributed by atoms with Gasteiger partial charge < -0.3 is 5.32 Å². The number of aryl methyl sites for hydroxylation is 1. The first-order chi connectivity index (χ1) is 8.63. The highest BCUT2D eigenvalue weighted by atomic mass is 35.5. The summed E-state index contributed by atoms with van der Waals surface area (Å²) in [7, 11) is 1.72. The van der Waals surface area contributed by atoms with E-state index in [1.165, 1.54) is 17.3 Å². The molecule has 6 heteroatoms. The average Bonchev–Trinajstić information content (AvgIpc) is 2.94. The number of likely N-dealkylation sites (tertiary alicyclic amines) is 1. The molecule has 1 N–H and O–H groups in total. The van der Waals surface area contributed by atoms with Crippen molar-refractivity contribution < 1.29 is 4.79 Å². The zero-order valence-electron chi connectivity index (χ0n) is 10.8. The lowest BCUT2D eigenvalue weighted by molar-refractivity contribution is 0.0941. The van der Waals surface area contributed by atoms with Crippen molar-refractivity contribution in [1.29, 1.82) is 0 Å². The second-order valence-corrected chi connectivity index (χ2v) is 4.97. The Bertz CT molecular complexity index is 432. The van der Waals surface area contributed by atoms with E-state index in [0.717, 1.165) is 19.5 Å². The highest BCUT2D eigenvalue weighted by Gasteiger charge is 2.24. The van der Waals surface area contributed by atoms with Crippen LogP contribution in [0.15, 0.2) is 6.20 Å². The number of amides is 1. The minimum Gasteiger partial charge on any atom is -0.350 e. The molecule has 1 amide bonds. The molecule has 5 nitrogen and oxygen atoms in total. The van der Waals surface area contributed by atoms with Crippen LogP contribution in [-0.4, -0.2) is 46.3 Å². The molecule has 1 unspecified atom stereocenters. The maximum Gasteiger partial charge on any atom is 0.256 e. The van der Waals surface area contributed by atoms with Crippen molar-refractivity contribution in [3.63, 3.8) is 0 Å². The zero-order chi connectivity index (χ0) is 13.1. The Morgan fingerprint density at radius 3 is 3.06 bits per heavy atom. The molecule has 18 heavy (non-hydrogen) atoms. The maximum absolute atomic E-state index is 12.0. The van der Waals surface area contributed by atoms with Crippen LogP contribution in [0.1, 0.15) is 30.1 Å². The number of carbonyl (C=O) groups is 1. The van der Waals surface area contributed by atoms with Crippen molar-refractivity contribution in [2.24, 2.45) is 7.05 Å². The lowest BCUT2D eigenvalue weighted by Crippen LogP contribution is -2.40. The monoisotopic (exact) mass is 270 g/mol. The molecule has 1 aliphatic heterocycles. The van der Waals surface area contributed by atoms with Gasteiger partial charge in [-0.3, -0.25) is 14.4 Å². The second-order valence-electron chi connectivity index (χ2n) is 4.61. The fourth-order valence-corrected chi connectivity index (χ4v) is 2.60. The Morgan fingerprint density at radius 1 is 1.67 bits per heavy atom. The van der Waals surface area contributed by atoms with Crippen LogP contribution < -0.4 is 5.32 Å². The maximum atomic E-state index is 12.0. The molecule has 2 rings (SSSR count). The summed E-state index contributed by atoms with van der Waals surface area (Å²) in [5.41, 5.74) is 0.445. The normalized spacial score (nSPS) is 20.3. The third kappa shape index (κ3) is 2.67. The smallest absolute Gasteiger partial charge is 0.256 e. The Kier molecular flexibility index (Phi) is 4.24. The molecule has 0 aliphatic carbocycles. The molecular formula is C12H19ClN4O. The summed E-state index contributed by atoms with van der Waals surface area (Å²) in [4.78, 5) is 14.4. The van der Waals surface area contributed by atoms with Crippen molar-refractivity contribution >= 4 is 17.5 Å². The molecule has 1 aromatic heterocycles. The van der Waals surface area contributed by atoms with Crippen LogP contribution in [-0.2, 0) is 7.05 Å². The molecule has 1 aliphatic rings. The molecule has 1 saturated heterocycles. The summed E-state index contributed by atoms with van der Waals surface area (Å²) in [6.45, 7) is 4.99. The predicted octanol–water partition coefficient (Wildman–Crippen LogP) is 1.29. The number of carbonyl (C=O) groups excluding carboxylic acids is 1. The number of nitrogens with one attached hydrogen (secondary N) is 1. The first-order valence-electron chi connectivity index (χ1n) is 6.33. The number of nitrogens with zero attached hydrogens (tertiary/aromatic N) is 3. The van der Waals surface area contributed by atoms with E-state index in [2.05, 4.69) is 22.2 Å². The number of hydrogen-bond acceptors (Lipinski definition) is 3. The second kappa shape index (κ2) is 5.71. The Labute approximate surface area is 112 Å². The van der Waals surface area contributed by atoms with Crippen LogP contribution in [0.3, 0.4) is 0 Å². The highest BCUT2D eigenvalue weighted by molar-refractivity contribution is 6.32. The molecule has 0 spiro atoms. The van der Waals surface area contributed by atoms with Gasteiger partial charge in [-0.2, -0.15) is 5.10 Å². The molecule has 1 fully saturated rings. The standard InChI is InChI=1S/C12H19ClN4O/c1-3-17-6-4-5-9(17)7-14-12(18)10-8-15-16(2)11(10)13/h8-9H,3-7H2,1-2H3,(H,14,18). The molecular weight excluding hydrogens is 252 g/mol. The SMILES string of the molecule is CCN1CCCC1CNC(=O)c1cnn(C)c1Cl. The van der Waals surface area contributed by atoms with E-state index in [1.807, 2.05) is 0 Å². The summed E-state index contributed by atoms with van der Waals surface area (Å²) in [6.07, 6.45) is 3.86. The quantitative estimate of drug-likeness (QED) is 0.897. The number of rotatable bonds is 4. The minimum atomic E-state index is -0.143. The van der Waals surface area contributed by atoms with E-state index in [-0.39, 0.29) is 5.91 Å². The summed E-state index contributed by atoms with van der Waals surface area (Å²) in [6, 6.07) is 0.453. The average molecular weight is 271 g/mol. The Hall–Kier alpha value is -1.07. The number of aromatic nitrogens is 2. The topological polar surface area (TPSA) is 50.2 Å². The predicted molar refractivity (Wildman–Crippen MR) is 70.8 cm³/mol. The van der Waals surface area contributed by atoms with Gasteiger partial charge in [0.2, 0.25) is 0 Å². The van der Waals surface area contributed by atoms with Gasteiger partial charge in [-0.1, -0.05) is 18.5 Å². The van der Waals surface area contributed by atoms with E-state index >= 15 is 0 Å². The van der Waals surface area contributed by atoms with Gasteiger partial charge in [-0.05, 0) is 25.9 Å². The van der Waals surface area contributed by atoms with Crippen molar-refractivity contribution in [1.82, 2.24) is 20.0 Å². The summed E-state index contributed by atoms with van der Waals surface area (Å²) < 4.78 is 1.49. The van der Waals surface area contributed by atoms with Gasteiger partial charge in [-0.15, -0.1) is 0 Å². The van der Waals surface area contributed by atoms with Crippen LogP contribution in [0.5, 0.6) is 0 Å². The largest absolute Gasteiger partial charge is 0.350 e. The first-order valence-corrected chi connectivity index (χ1v) is 6.71. The third-order valence-electron chi connectivity index (χ3n) is 3.51. The van der Waals surface area contributed by atoms with Gasteiger partial charge >= 0.3 is 0 Å². The van der Waals surface area contributed by atoms with Gasteiger partial charge in [0.15, 0.2) is 0 Å². The van der Waals surface area contributed by atoms with Crippen LogP contribution in [0.2, 0.25) is 5.15 Å². The van der Waals surface area contributed by atoms with E-state index in [1.54, 1.807) is 7.05 Å². The van der Waals surface area contributed by atoms with Crippen LogP contribution in [0.25, 0.3) is 0 Å². The number of hydrogen-bond donors (Lipinski definition) is 1. The fraction of sp³-hybridized carbons (Fsp3) is 0.667. The molecule has 1 aromatic rings.